The molecule has 2 N–H and O–H groups in total. The second kappa shape index (κ2) is 6.91. The molecule has 1 aliphatic heterocycles. The van der Waals surface area contributed by atoms with Gasteiger partial charge in [0.1, 0.15) is 6.04 Å². The highest BCUT2D eigenvalue weighted by atomic mass is 32.1. The molecule has 2 aromatic rings. The van der Waals surface area contributed by atoms with Crippen LogP contribution in [0.1, 0.15) is 35.7 Å². The Morgan fingerprint density at radius 2 is 2.39 bits per heavy atom. The van der Waals surface area contributed by atoms with Gasteiger partial charge in [-0.25, -0.2) is 0 Å². The van der Waals surface area contributed by atoms with Gasteiger partial charge in [-0.3, -0.25) is 14.6 Å². The van der Waals surface area contributed by atoms with E-state index in [2.05, 4.69) is 27.1 Å². The summed E-state index contributed by atoms with van der Waals surface area (Å²) in [4.78, 5) is 28.2. The number of nitrogens with one attached hydrogen (secondary N) is 2. The summed E-state index contributed by atoms with van der Waals surface area (Å²) in [7, 11) is 0. The number of thiophene rings is 1. The van der Waals surface area contributed by atoms with E-state index in [1.165, 1.54) is 5.56 Å². The first kappa shape index (κ1) is 15.7. The van der Waals surface area contributed by atoms with Crippen molar-refractivity contribution in [2.24, 2.45) is 0 Å². The molecular weight excluding hydrogens is 310 g/mol. The molecule has 120 valence electrons. The molecule has 1 aliphatic rings. The second-order valence-corrected chi connectivity index (χ2v) is 6.54. The SMILES string of the molecule is Cc1cccnc1[C@@H](Cc1ccsc1)NC(=O)[C@@H]1CCC(=O)N1. The minimum Gasteiger partial charge on any atom is -0.346 e. The van der Waals surface area contributed by atoms with Gasteiger partial charge in [0.25, 0.3) is 0 Å². The Balaban J connectivity index is 1.79. The Bertz CT molecular complexity index is 700. The van der Waals surface area contributed by atoms with Crippen molar-refractivity contribution in [3.8, 4) is 0 Å². The maximum Gasteiger partial charge on any atom is 0.243 e. The normalized spacial score (nSPS) is 18.5. The lowest BCUT2D eigenvalue weighted by molar-refractivity contribution is -0.126. The van der Waals surface area contributed by atoms with Crippen LogP contribution in [0.5, 0.6) is 0 Å². The van der Waals surface area contributed by atoms with Gasteiger partial charge in [-0.05, 0) is 53.8 Å². The van der Waals surface area contributed by atoms with Crippen molar-refractivity contribution in [1.29, 1.82) is 0 Å². The van der Waals surface area contributed by atoms with Crippen LogP contribution in [0.4, 0.5) is 0 Å². The molecule has 23 heavy (non-hydrogen) atoms. The van der Waals surface area contributed by atoms with E-state index in [1.807, 2.05) is 24.4 Å². The zero-order chi connectivity index (χ0) is 16.2. The molecule has 2 atom stereocenters. The maximum absolute atomic E-state index is 12.5. The lowest BCUT2D eigenvalue weighted by atomic mass is 10.0. The number of aromatic nitrogens is 1. The standard InChI is InChI=1S/C17H19N3O2S/c1-11-3-2-7-18-16(11)14(9-12-6-8-23-10-12)20-17(22)13-4-5-15(21)19-13/h2-3,6-8,10,13-14H,4-5,9H2,1H3,(H,19,21)(H,20,22)/t13-,14+/m0/s1. The van der Waals surface area contributed by atoms with Crippen molar-refractivity contribution in [3.05, 3.63) is 52.0 Å². The molecule has 5 nitrogen and oxygen atoms in total. The van der Waals surface area contributed by atoms with Gasteiger partial charge in [0.2, 0.25) is 11.8 Å². The summed E-state index contributed by atoms with van der Waals surface area (Å²) in [6.07, 6.45) is 3.40. The predicted molar refractivity (Wildman–Crippen MR) is 89.0 cm³/mol. The number of amides is 2. The van der Waals surface area contributed by atoms with Crippen LogP contribution in [0.3, 0.4) is 0 Å². The molecule has 1 saturated heterocycles. The first-order chi connectivity index (χ1) is 11.1. The molecule has 0 saturated carbocycles. The number of carbonyl (C=O) groups is 2. The van der Waals surface area contributed by atoms with Crippen LogP contribution in [-0.4, -0.2) is 22.8 Å². The molecule has 1 fully saturated rings. The summed E-state index contributed by atoms with van der Waals surface area (Å²) in [6, 6.07) is 5.30. The number of hydrogen-bond acceptors (Lipinski definition) is 4. The Labute approximate surface area is 139 Å². The van der Waals surface area contributed by atoms with Crippen molar-refractivity contribution in [2.75, 3.05) is 0 Å². The van der Waals surface area contributed by atoms with Crippen molar-refractivity contribution < 1.29 is 9.59 Å². The zero-order valence-electron chi connectivity index (χ0n) is 12.9. The van der Waals surface area contributed by atoms with E-state index in [-0.39, 0.29) is 17.9 Å². The monoisotopic (exact) mass is 329 g/mol. The molecule has 2 aromatic heterocycles. The Morgan fingerprint density at radius 3 is 3.04 bits per heavy atom. The van der Waals surface area contributed by atoms with E-state index in [0.29, 0.717) is 19.3 Å². The van der Waals surface area contributed by atoms with Crippen molar-refractivity contribution in [1.82, 2.24) is 15.6 Å². The summed E-state index contributed by atoms with van der Waals surface area (Å²) < 4.78 is 0. The first-order valence-electron chi connectivity index (χ1n) is 7.66. The molecule has 0 aromatic carbocycles. The average molecular weight is 329 g/mol. The second-order valence-electron chi connectivity index (χ2n) is 5.76. The van der Waals surface area contributed by atoms with Crippen LogP contribution in [0, 0.1) is 6.92 Å². The van der Waals surface area contributed by atoms with E-state index in [1.54, 1.807) is 17.5 Å². The third kappa shape index (κ3) is 3.76. The van der Waals surface area contributed by atoms with Gasteiger partial charge >= 0.3 is 0 Å². The lowest BCUT2D eigenvalue weighted by Crippen LogP contribution is -2.43. The van der Waals surface area contributed by atoms with Crippen LogP contribution in [0.25, 0.3) is 0 Å². The zero-order valence-corrected chi connectivity index (χ0v) is 13.7. The first-order valence-corrected chi connectivity index (χ1v) is 8.60. The summed E-state index contributed by atoms with van der Waals surface area (Å²) in [5, 5.41) is 9.88. The van der Waals surface area contributed by atoms with E-state index < -0.39 is 6.04 Å². The maximum atomic E-state index is 12.5. The number of carbonyl (C=O) groups excluding carboxylic acids is 2. The van der Waals surface area contributed by atoms with Gasteiger partial charge in [0.15, 0.2) is 0 Å². The molecular formula is C17H19N3O2S. The smallest absolute Gasteiger partial charge is 0.243 e. The van der Waals surface area contributed by atoms with Crippen LogP contribution in [0.2, 0.25) is 0 Å². The van der Waals surface area contributed by atoms with Gasteiger partial charge in [-0.2, -0.15) is 11.3 Å². The van der Waals surface area contributed by atoms with Crippen molar-refractivity contribution in [2.45, 2.75) is 38.3 Å². The van der Waals surface area contributed by atoms with Gasteiger partial charge in [0.05, 0.1) is 11.7 Å². The molecule has 0 radical (unpaired) electrons. The Hall–Kier alpha value is -2.21. The van der Waals surface area contributed by atoms with Gasteiger partial charge < -0.3 is 10.6 Å². The predicted octanol–water partition coefficient (Wildman–Crippen LogP) is 2.13. The quantitative estimate of drug-likeness (QED) is 0.883. The van der Waals surface area contributed by atoms with E-state index in [4.69, 9.17) is 0 Å². The van der Waals surface area contributed by atoms with Crippen molar-refractivity contribution >= 4 is 23.2 Å². The summed E-state index contributed by atoms with van der Waals surface area (Å²) in [5.41, 5.74) is 3.08. The minimum absolute atomic E-state index is 0.0615. The van der Waals surface area contributed by atoms with Gasteiger partial charge in [-0.15, -0.1) is 0 Å². The third-order valence-corrected chi connectivity index (χ3v) is 4.76. The number of rotatable bonds is 5. The van der Waals surface area contributed by atoms with Gasteiger partial charge in [0, 0.05) is 12.6 Å². The number of pyridine rings is 1. The van der Waals surface area contributed by atoms with Crippen LogP contribution >= 0.6 is 11.3 Å². The van der Waals surface area contributed by atoms with Crippen LogP contribution < -0.4 is 10.6 Å². The number of aryl methyl sites for hydroxylation is 1. The third-order valence-electron chi connectivity index (χ3n) is 4.03. The molecule has 6 heteroatoms. The molecule has 0 bridgehead atoms. The minimum atomic E-state index is -0.434. The molecule has 0 aliphatic carbocycles. The van der Waals surface area contributed by atoms with E-state index >= 15 is 0 Å². The molecule has 0 spiro atoms. The number of hydrogen-bond donors (Lipinski definition) is 2. The largest absolute Gasteiger partial charge is 0.346 e. The molecule has 2 amide bonds. The fourth-order valence-electron chi connectivity index (χ4n) is 2.81. The topological polar surface area (TPSA) is 71.1 Å². The summed E-state index contributed by atoms with van der Waals surface area (Å²) >= 11 is 1.64. The average Bonchev–Trinajstić information content (AvgIpc) is 3.18. The fourth-order valence-corrected chi connectivity index (χ4v) is 3.49. The Morgan fingerprint density at radius 1 is 1.52 bits per heavy atom. The van der Waals surface area contributed by atoms with Crippen molar-refractivity contribution in [3.63, 3.8) is 0 Å². The van der Waals surface area contributed by atoms with Crippen LogP contribution in [0.15, 0.2) is 35.2 Å². The molecule has 3 heterocycles. The Kier molecular flexibility index (Phi) is 4.71. The lowest BCUT2D eigenvalue weighted by Gasteiger charge is -2.21. The highest BCUT2D eigenvalue weighted by molar-refractivity contribution is 7.07. The highest BCUT2D eigenvalue weighted by Crippen LogP contribution is 2.22. The highest BCUT2D eigenvalue weighted by Gasteiger charge is 2.29. The molecule has 3 rings (SSSR count). The number of nitrogens with zero attached hydrogens (tertiary/aromatic N) is 1. The van der Waals surface area contributed by atoms with E-state index in [0.717, 1.165) is 11.3 Å². The van der Waals surface area contributed by atoms with Crippen LogP contribution in [-0.2, 0) is 16.0 Å². The summed E-state index contributed by atoms with van der Waals surface area (Å²) in [5.74, 6) is -0.199. The molecule has 0 unspecified atom stereocenters. The van der Waals surface area contributed by atoms with Gasteiger partial charge in [-0.1, -0.05) is 6.07 Å². The summed E-state index contributed by atoms with van der Waals surface area (Å²) in [6.45, 7) is 1.99. The fraction of sp³-hybridized carbons (Fsp3) is 0.353. The van der Waals surface area contributed by atoms with E-state index in [9.17, 15) is 9.59 Å².